The molecule has 0 aromatic heterocycles. The standard InChI is InChI=1S/C12H23N/c1-9-5-6-10(2)12(9)11-4-3-7-13-8-11/h9-13H,3-8H2,1-2H3. The van der Waals surface area contributed by atoms with Crippen molar-refractivity contribution in [3.63, 3.8) is 0 Å². The Hall–Kier alpha value is -0.0400. The zero-order chi connectivity index (χ0) is 9.26. The van der Waals surface area contributed by atoms with Gasteiger partial charge in [-0.15, -0.1) is 0 Å². The Balaban J connectivity index is 1.96. The van der Waals surface area contributed by atoms with E-state index in [4.69, 9.17) is 0 Å². The van der Waals surface area contributed by atoms with E-state index in [1.165, 1.54) is 38.8 Å². The quantitative estimate of drug-likeness (QED) is 0.656. The van der Waals surface area contributed by atoms with E-state index >= 15 is 0 Å². The highest BCUT2D eigenvalue weighted by Gasteiger charge is 2.36. The van der Waals surface area contributed by atoms with Crippen molar-refractivity contribution in [3.8, 4) is 0 Å². The van der Waals surface area contributed by atoms with E-state index in [1.54, 1.807) is 0 Å². The molecule has 1 saturated heterocycles. The van der Waals surface area contributed by atoms with E-state index < -0.39 is 0 Å². The number of hydrogen-bond acceptors (Lipinski definition) is 1. The summed E-state index contributed by atoms with van der Waals surface area (Å²) in [6.07, 6.45) is 5.83. The second-order valence-electron chi connectivity index (χ2n) is 5.22. The van der Waals surface area contributed by atoms with Gasteiger partial charge in [0.15, 0.2) is 0 Å². The first-order valence-electron chi connectivity index (χ1n) is 5.99. The van der Waals surface area contributed by atoms with Crippen LogP contribution in [0.1, 0.15) is 39.5 Å². The third kappa shape index (κ3) is 1.90. The molecule has 0 bridgehead atoms. The Kier molecular flexibility index (Phi) is 2.92. The fraction of sp³-hybridized carbons (Fsp3) is 1.00. The van der Waals surface area contributed by atoms with E-state index in [2.05, 4.69) is 19.2 Å². The SMILES string of the molecule is CC1CCC(C)C1C1CCCNC1. The average Bonchev–Trinajstić information content (AvgIpc) is 2.48. The highest BCUT2D eigenvalue weighted by molar-refractivity contribution is 4.87. The summed E-state index contributed by atoms with van der Waals surface area (Å²) in [7, 11) is 0. The van der Waals surface area contributed by atoms with Crippen LogP contribution in [0.15, 0.2) is 0 Å². The number of piperidine rings is 1. The van der Waals surface area contributed by atoms with Crippen molar-refractivity contribution in [1.82, 2.24) is 5.32 Å². The van der Waals surface area contributed by atoms with Crippen LogP contribution in [0.3, 0.4) is 0 Å². The van der Waals surface area contributed by atoms with Crippen LogP contribution in [-0.4, -0.2) is 13.1 Å². The topological polar surface area (TPSA) is 12.0 Å². The summed E-state index contributed by atoms with van der Waals surface area (Å²) in [5.41, 5.74) is 0. The molecule has 0 amide bonds. The van der Waals surface area contributed by atoms with Gasteiger partial charge in [-0.05, 0) is 49.6 Å². The highest BCUT2D eigenvalue weighted by Crippen LogP contribution is 2.42. The maximum absolute atomic E-state index is 3.55. The largest absolute Gasteiger partial charge is 0.316 e. The summed E-state index contributed by atoms with van der Waals surface area (Å²) < 4.78 is 0. The van der Waals surface area contributed by atoms with Gasteiger partial charge in [-0.25, -0.2) is 0 Å². The molecule has 1 saturated carbocycles. The van der Waals surface area contributed by atoms with Crippen molar-refractivity contribution in [2.45, 2.75) is 39.5 Å². The molecule has 2 rings (SSSR count). The van der Waals surface area contributed by atoms with Gasteiger partial charge in [-0.1, -0.05) is 26.7 Å². The normalized spacial score (nSPS) is 46.6. The van der Waals surface area contributed by atoms with Gasteiger partial charge in [-0.3, -0.25) is 0 Å². The van der Waals surface area contributed by atoms with Crippen LogP contribution >= 0.6 is 0 Å². The zero-order valence-electron chi connectivity index (χ0n) is 9.05. The number of nitrogens with one attached hydrogen (secondary N) is 1. The number of rotatable bonds is 1. The third-order valence-electron chi connectivity index (χ3n) is 4.27. The predicted molar refractivity (Wildman–Crippen MR) is 56.6 cm³/mol. The number of hydrogen-bond donors (Lipinski definition) is 1. The Bertz CT molecular complexity index is 151. The van der Waals surface area contributed by atoms with Gasteiger partial charge in [0.05, 0.1) is 0 Å². The lowest BCUT2D eigenvalue weighted by Gasteiger charge is -2.33. The molecule has 0 aromatic carbocycles. The van der Waals surface area contributed by atoms with Crippen molar-refractivity contribution in [2.75, 3.05) is 13.1 Å². The lowest BCUT2D eigenvalue weighted by atomic mass is 9.77. The maximum atomic E-state index is 3.55. The molecule has 3 atom stereocenters. The van der Waals surface area contributed by atoms with E-state index in [1.807, 2.05) is 0 Å². The summed E-state index contributed by atoms with van der Waals surface area (Å²) in [5.74, 6) is 3.98. The fourth-order valence-corrected chi connectivity index (χ4v) is 3.61. The van der Waals surface area contributed by atoms with Gasteiger partial charge in [0, 0.05) is 0 Å². The van der Waals surface area contributed by atoms with Crippen LogP contribution < -0.4 is 5.32 Å². The summed E-state index contributed by atoms with van der Waals surface area (Å²) in [6, 6.07) is 0. The first-order chi connectivity index (χ1) is 6.29. The van der Waals surface area contributed by atoms with Crippen molar-refractivity contribution in [2.24, 2.45) is 23.7 Å². The van der Waals surface area contributed by atoms with Crippen LogP contribution in [0.5, 0.6) is 0 Å². The first kappa shape index (κ1) is 9.51. The van der Waals surface area contributed by atoms with Gasteiger partial charge < -0.3 is 5.32 Å². The smallest absolute Gasteiger partial charge is 0.00177 e. The molecule has 1 aliphatic carbocycles. The van der Waals surface area contributed by atoms with Gasteiger partial charge in [0.1, 0.15) is 0 Å². The van der Waals surface area contributed by atoms with Crippen LogP contribution in [0.25, 0.3) is 0 Å². The maximum Gasteiger partial charge on any atom is -0.00177 e. The molecule has 13 heavy (non-hydrogen) atoms. The zero-order valence-corrected chi connectivity index (χ0v) is 9.05. The molecule has 2 fully saturated rings. The summed E-state index contributed by atoms with van der Waals surface area (Å²) in [5, 5.41) is 3.55. The molecule has 1 nitrogen and oxygen atoms in total. The van der Waals surface area contributed by atoms with Crippen LogP contribution in [0.2, 0.25) is 0 Å². The first-order valence-corrected chi connectivity index (χ1v) is 5.99. The minimum absolute atomic E-state index is 0.986. The van der Waals surface area contributed by atoms with E-state index in [0.29, 0.717) is 0 Å². The molecule has 0 aromatic rings. The Morgan fingerprint density at radius 1 is 1.00 bits per heavy atom. The fourth-order valence-electron chi connectivity index (χ4n) is 3.61. The molecule has 76 valence electrons. The highest BCUT2D eigenvalue weighted by atomic mass is 14.9. The summed E-state index contributed by atoms with van der Waals surface area (Å²) in [4.78, 5) is 0. The Labute approximate surface area is 82.3 Å². The molecular weight excluding hydrogens is 158 g/mol. The minimum Gasteiger partial charge on any atom is -0.316 e. The van der Waals surface area contributed by atoms with E-state index in [9.17, 15) is 0 Å². The van der Waals surface area contributed by atoms with Gasteiger partial charge in [0.2, 0.25) is 0 Å². The Morgan fingerprint density at radius 3 is 2.23 bits per heavy atom. The molecule has 2 aliphatic rings. The summed E-state index contributed by atoms with van der Waals surface area (Å²) in [6.45, 7) is 7.47. The van der Waals surface area contributed by atoms with E-state index in [-0.39, 0.29) is 0 Å². The van der Waals surface area contributed by atoms with Crippen LogP contribution in [-0.2, 0) is 0 Å². The predicted octanol–water partition coefficient (Wildman–Crippen LogP) is 2.67. The average molecular weight is 181 g/mol. The second-order valence-corrected chi connectivity index (χ2v) is 5.22. The monoisotopic (exact) mass is 181 g/mol. The lowest BCUT2D eigenvalue weighted by molar-refractivity contribution is 0.186. The molecule has 0 radical (unpaired) electrons. The molecule has 1 aliphatic heterocycles. The summed E-state index contributed by atoms with van der Waals surface area (Å²) >= 11 is 0. The second kappa shape index (κ2) is 4.00. The molecule has 1 heterocycles. The van der Waals surface area contributed by atoms with Crippen LogP contribution in [0, 0.1) is 23.7 Å². The van der Waals surface area contributed by atoms with Gasteiger partial charge >= 0.3 is 0 Å². The minimum atomic E-state index is 0.986. The van der Waals surface area contributed by atoms with Crippen molar-refractivity contribution in [3.05, 3.63) is 0 Å². The molecule has 3 unspecified atom stereocenters. The molecule has 1 N–H and O–H groups in total. The Morgan fingerprint density at radius 2 is 1.69 bits per heavy atom. The van der Waals surface area contributed by atoms with Gasteiger partial charge in [0.25, 0.3) is 0 Å². The molecule has 1 heteroatoms. The molecule has 0 spiro atoms. The van der Waals surface area contributed by atoms with Crippen LogP contribution in [0.4, 0.5) is 0 Å². The lowest BCUT2D eigenvalue weighted by Crippen LogP contribution is -2.36. The van der Waals surface area contributed by atoms with Crippen molar-refractivity contribution in [1.29, 1.82) is 0 Å². The van der Waals surface area contributed by atoms with Crippen molar-refractivity contribution < 1.29 is 0 Å². The van der Waals surface area contributed by atoms with E-state index in [0.717, 1.165) is 23.7 Å². The molecular formula is C12H23N. The van der Waals surface area contributed by atoms with Crippen molar-refractivity contribution >= 4 is 0 Å². The van der Waals surface area contributed by atoms with Gasteiger partial charge in [-0.2, -0.15) is 0 Å². The third-order valence-corrected chi connectivity index (χ3v) is 4.27.